The summed E-state index contributed by atoms with van der Waals surface area (Å²) in [5, 5.41) is 12.9. The molecule has 4 rings (SSSR count). The molecule has 0 fully saturated rings. The smallest absolute Gasteiger partial charge is 0.210 e. The topological polar surface area (TPSA) is 45.5 Å². The first-order valence-corrected chi connectivity index (χ1v) is 8.14. The number of rotatable bonds is 2. The lowest BCUT2D eigenvalue weighted by Gasteiger charge is -2.03. The highest BCUT2D eigenvalue weighted by Gasteiger charge is 2.06. The molecule has 0 radical (unpaired) electrons. The first-order valence-electron chi connectivity index (χ1n) is 7.33. The van der Waals surface area contributed by atoms with E-state index in [0.29, 0.717) is 5.13 Å². The SMILES string of the molecule is Cc1ccc2nc(/N=C/c3c(O)ccc4ccccc34)sc2c1. The number of hydrogen-bond donors (Lipinski definition) is 1. The van der Waals surface area contributed by atoms with Crippen molar-refractivity contribution in [2.45, 2.75) is 6.92 Å². The normalized spacial score (nSPS) is 11.7. The summed E-state index contributed by atoms with van der Waals surface area (Å²) >= 11 is 1.55. The zero-order valence-corrected chi connectivity index (χ0v) is 13.3. The van der Waals surface area contributed by atoms with Crippen molar-refractivity contribution in [3.8, 4) is 5.75 Å². The summed E-state index contributed by atoms with van der Waals surface area (Å²) in [6.45, 7) is 2.07. The molecule has 4 heteroatoms. The van der Waals surface area contributed by atoms with E-state index >= 15 is 0 Å². The van der Waals surface area contributed by atoms with Crippen molar-refractivity contribution < 1.29 is 5.11 Å². The fraction of sp³-hybridized carbons (Fsp3) is 0.0526. The number of nitrogens with zero attached hydrogens (tertiary/aromatic N) is 2. The van der Waals surface area contributed by atoms with E-state index in [4.69, 9.17) is 0 Å². The summed E-state index contributed by atoms with van der Waals surface area (Å²) in [6.07, 6.45) is 1.70. The predicted octanol–water partition coefficient (Wildman–Crippen LogP) is 5.21. The number of phenols is 1. The van der Waals surface area contributed by atoms with Gasteiger partial charge in [-0.15, -0.1) is 0 Å². The molecule has 0 saturated heterocycles. The van der Waals surface area contributed by atoms with Crippen molar-refractivity contribution in [2.75, 3.05) is 0 Å². The monoisotopic (exact) mass is 318 g/mol. The van der Waals surface area contributed by atoms with Crippen LogP contribution in [0, 0.1) is 6.92 Å². The zero-order chi connectivity index (χ0) is 15.8. The van der Waals surface area contributed by atoms with Crippen LogP contribution in [0.4, 0.5) is 5.13 Å². The second-order valence-corrected chi connectivity index (χ2v) is 6.45. The van der Waals surface area contributed by atoms with Crippen molar-refractivity contribution in [3.63, 3.8) is 0 Å². The Hall–Kier alpha value is -2.72. The number of thiazole rings is 1. The van der Waals surface area contributed by atoms with Crippen molar-refractivity contribution >= 4 is 43.7 Å². The van der Waals surface area contributed by atoms with Gasteiger partial charge in [0.1, 0.15) is 5.75 Å². The fourth-order valence-electron chi connectivity index (χ4n) is 2.61. The lowest BCUT2D eigenvalue weighted by atomic mass is 10.0. The third-order valence-electron chi connectivity index (χ3n) is 3.78. The second kappa shape index (κ2) is 5.48. The van der Waals surface area contributed by atoms with Gasteiger partial charge in [0.15, 0.2) is 0 Å². The highest BCUT2D eigenvalue weighted by molar-refractivity contribution is 7.22. The standard InChI is InChI=1S/C19H14N2OS/c1-12-6-8-16-18(10-12)23-19(21-16)20-11-15-14-5-3-2-4-13(14)7-9-17(15)22/h2-11,22H,1H3/b20-11+. The summed E-state index contributed by atoms with van der Waals surface area (Å²) in [5.41, 5.74) is 2.89. The Labute approximate surface area is 137 Å². The van der Waals surface area contributed by atoms with E-state index in [0.717, 1.165) is 26.6 Å². The van der Waals surface area contributed by atoms with Crippen LogP contribution in [-0.2, 0) is 0 Å². The molecule has 0 atom stereocenters. The van der Waals surface area contributed by atoms with E-state index in [1.807, 2.05) is 42.5 Å². The Morgan fingerprint density at radius 2 is 1.96 bits per heavy atom. The van der Waals surface area contributed by atoms with Crippen molar-refractivity contribution in [2.24, 2.45) is 4.99 Å². The molecular formula is C19H14N2OS. The van der Waals surface area contributed by atoms with Crippen molar-refractivity contribution in [3.05, 3.63) is 65.7 Å². The second-order valence-electron chi connectivity index (χ2n) is 5.45. The number of aromatic nitrogens is 1. The molecule has 23 heavy (non-hydrogen) atoms. The van der Waals surface area contributed by atoms with Gasteiger partial charge in [-0.05, 0) is 41.5 Å². The number of benzene rings is 3. The van der Waals surface area contributed by atoms with E-state index in [1.54, 1.807) is 23.6 Å². The summed E-state index contributed by atoms with van der Waals surface area (Å²) < 4.78 is 1.12. The van der Waals surface area contributed by atoms with Gasteiger partial charge in [-0.25, -0.2) is 9.98 Å². The van der Waals surface area contributed by atoms with Gasteiger partial charge < -0.3 is 5.11 Å². The first kappa shape index (κ1) is 13.9. The molecule has 0 aliphatic rings. The van der Waals surface area contributed by atoms with E-state index in [1.165, 1.54) is 5.56 Å². The number of aromatic hydroxyl groups is 1. The van der Waals surface area contributed by atoms with E-state index < -0.39 is 0 Å². The third kappa shape index (κ3) is 2.58. The predicted molar refractivity (Wildman–Crippen MR) is 97.2 cm³/mol. The van der Waals surface area contributed by atoms with E-state index in [-0.39, 0.29) is 5.75 Å². The van der Waals surface area contributed by atoms with Crippen LogP contribution in [-0.4, -0.2) is 16.3 Å². The van der Waals surface area contributed by atoms with Crippen molar-refractivity contribution in [1.82, 2.24) is 4.98 Å². The molecule has 1 N–H and O–H groups in total. The Bertz CT molecular complexity index is 1050. The molecule has 0 aliphatic carbocycles. The molecule has 112 valence electrons. The molecule has 0 bridgehead atoms. The Morgan fingerprint density at radius 1 is 1.09 bits per heavy atom. The summed E-state index contributed by atoms with van der Waals surface area (Å²) in [5.74, 6) is 0.226. The van der Waals surface area contributed by atoms with Crippen LogP contribution in [0.15, 0.2) is 59.6 Å². The van der Waals surface area contributed by atoms with Gasteiger partial charge in [0, 0.05) is 11.8 Å². The molecule has 4 aromatic rings. The van der Waals surface area contributed by atoms with Gasteiger partial charge in [0.25, 0.3) is 0 Å². The summed E-state index contributed by atoms with van der Waals surface area (Å²) in [4.78, 5) is 8.99. The quantitative estimate of drug-likeness (QED) is 0.515. The molecule has 0 saturated carbocycles. The average molecular weight is 318 g/mol. The van der Waals surface area contributed by atoms with Crippen LogP contribution in [0.2, 0.25) is 0 Å². The third-order valence-corrected chi connectivity index (χ3v) is 4.71. The van der Waals surface area contributed by atoms with Gasteiger partial charge in [0.05, 0.1) is 10.2 Å². The minimum atomic E-state index is 0.226. The van der Waals surface area contributed by atoms with Crippen LogP contribution >= 0.6 is 11.3 Å². The molecule has 1 aromatic heterocycles. The number of fused-ring (bicyclic) bond motifs is 2. The Kier molecular flexibility index (Phi) is 3.32. The molecule has 0 spiro atoms. The molecule has 3 aromatic carbocycles. The van der Waals surface area contributed by atoms with E-state index in [9.17, 15) is 5.11 Å². The van der Waals surface area contributed by atoms with Gasteiger partial charge in [0.2, 0.25) is 5.13 Å². The average Bonchev–Trinajstić information content (AvgIpc) is 2.96. The van der Waals surface area contributed by atoms with Crippen LogP contribution in [0.3, 0.4) is 0 Å². The van der Waals surface area contributed by atoms with Crippen LogP contribution in [0.5, 0.6) is 5.75 Å². The van der Waals surface area contributed by atoms with E-state index in [2.05, 4.69) is 23.0 Å². The lowest BCUT2D eigenvalue weighted by Crippen LogP contribution is -1.85. The van der Waals surface area contributed by atoms with Gasteiger partial charge >= 0.3 is 0 Å². The molecular weight excluding hydrogens is 304 g/mol. The maximum atomic E-state index is 10.2. The van der Waals surface area contributed by atoms with Crippen LogP contribution < -0.4 is 0 Å². The molecule has 0 unspecified atom stereocenters. The zero-order valence-electron chi connectivity index (χ0n) is 12.5. The van der Waals surface area contributed by atoms with Crippen LogP contribution in [0.1, 0.15) is 11.1 Å². The minimum Gasteiger partial charge on any atom is -0.507 e. The minimum absolute atomic E-state index is 0.226. The highest BCUT2D eigenvalue weighted by Crippen LogP contribution is 2.30. The summed E-state index contributed by atoms with van der Waals surface area (Å²) in [7, 11) is 0. The maximum absolute atomic E-state index is 10.2. The fourth-order valence-corrected chi connectivity index (χ4v) is 3.52. The molecule has 0 aliphatic heterocycles. The number of aliphatic imine (C=N–C) groups is 1. The Morgan fingerprint density at radius 3 is 2.87 bits per heavy atom. The highest BCUT2D eigenvalue weighted by atomic mass is 32.1. The molecule has 0 amide bonds. The van der Waals surface area contributed by atoms with Crippen molar-refractivity contribution in [1.29, 1.82) is 0 Å². The number of phenolic OH excluding ortho intramolecular Hbond substituents is 1. The van der Waals surface area contributed by atoms with Crippen LogP contribution in [0.25, 0.3) is 21.0 Å². The van der Waals surface area contributed by atoms with Gasteiger partial charge in [-0.2, -0.15) is 0 Å². The molecule has 3 nitrogen and oxygen atoms in total. The maximum Gasteiger partial charge on any atom is 0.210 e. The Balaban J connectivity index is 1.79. The summed E-state index contributed by atoms with van der Waals surface area (Å²) in [6, 6.07) is 17.7. The first-order chi connectivity index (χ1) is 11.2. The largest absolute Gasteiger partial charge is 0.507 e. The number of aryl methyl sites for hydroxylation is 1. The lowest BCUT2D eigenvalue weighted by molar-refractivity contribution is 0.475. The number of hydrogen-bond acceptors (Lipinski definition) is 4. The van der Waals surface area contributed by atoms with Gasteiger partial charge in [-0.1, -0.05) is 47.7 Å². The van der Waals surface area contributed by atoms with Gasteiger partial charge in [-0.3, -0.25) is 0 Å². The molecule has 1 heterocycles.